The molecule has 1 atom stereocenters. The maximum Gasteiger partial charge on any atom is 0.325 e. The number of hydrogen-bond donors (Lipinski definition) is 0. The molecule has 0 radical (unpaired) electrons. The molecule has 6 heteroatoms. The number of esters is 2. The van der Waals surface area contributed by atoms with Gasteiger partial charge in [0.15, 0.2) is 0 Å². The maximum atomic E-state index is 11.7. The Kier molecular flexibility index (Phi) is 6.32. The van der Waals surface area contributed by atoms with Crippen LogP contribution in [0.2, 0.25) is 0 Å². The molecule has 0 aromatic rings. The summed E-state index contributed by atoms with van der Waals surface area (Å²) < 4.78 is 9.69. The maximum absolute atomic E-state index is 11.7. The minimum Gasteiger partial charge on any atom is -0.466 e. The van der Waals surface area contributed by atoms with Gasteiger partial charge in [-0.15, -0.1) is 0 Å². The third kappa shape index (κ3) is 4.89. The Morgan fingerprint density at radius 1 is 1.21 bits per heavy atom. The standard InChI is InChI=1S/C13H21NO5/c1-3-18-12(16)8-6-10-5-7-11(15)14(10)9-13(17)19-4-2/h10H,3-9H2,1-2H3. The summed E-state index contributed by atoms with van der Waals surface area (Å²) in [7, 11) is 0. The summed E-state index contributed by atoms with van der Waals surface area (Å²) in [6, 6.07) is -0.0682. The van der Waals surface area contributed by atoms with Gasteiger partial charge in [-0.1, -0.05) is 0 Å². The summed E-state index contributed by atoms with van der Waals surface area (Å²) in [6.45, 7) is 4.11. The van der Waals surface area contributed by atoms with Crippen LogP contribution in [0.15, 0.2) is 0 Å². The highest BCUT2D eigenvalue weighted by Gasteiger charge is 2.32. The zero-order valence-electron chi connectivity index (χ0n) is 11.5. The highest BCUT2D eigenvalue weighted by Crippen LogP contribution is 2.22. The monoisotopic (exact) mass is 271 g/mol. The molecular formula is C13H21NO5. The lowest BCUT2D eigenvalue weighted by Gasteiger charge is -2.23. The van der Waals surface area contributed by atoms with E-state index in [2.05, 4.69) is 0 Å². The fraction of sp³-hybridized carbons (Fsp3) is 0.769. The van der Waals surface area contributed by atoms with E-state index >= 15 is 0 Å². The SMILES string of the molecule is CCOC(=O)CCC1CCC(=O)N1CC(=O)OCC. The molecule has 1 saturated heterocycles. The molecule has 0 saturated carbocycles. The summed E-state index contributed by atoms with van der Waals surface area (Å²) in [5.74, 6) is -0.723. The molecule has 0 N–H and O–H groups in total. The highest BCUT2D eigenvalue weighted by atomic mass is 16.5. The van der Waals surface area contributed by atoms with Crippen LogP contribution in [-0.2, 0) is 23.9 Å². The van der Waals surface area contributed by atoms with Crippen molar-refractivity contribution in [2.45, 2.75) is 45.6 Å². The van der Waals surface area contributed by atoms with E-state index in [0.717, 1.165) is 0 Å². The van der Waals surface area contributed by atoms with E-state index in [4.69, 9.17) is 9.47 Å². The summed E-state index contributed by atoms with van der Waals surface area (Å²) >= 11 is 0. The first-order chi connectivity index (χ1) is 9.08. The molecule has 0 aromatic heterocycles. The lowest BCUT2D eigenvalue weighted by atomic mass is 10.1. The van der Waals surface area contributed by atoms with Crippen LogP contribution < -0.4 is 0 Å². The Hall–Kier alpha value is -1.59. The molecule has 6 nitrogen and oxygen atoms in total. The predicted molar refractivity (Wildman–Crippen MR) is 67.2 cm³/mol. The number of carbonyl (C=O) groups is 3. The van der Waals surface area contributed by atoms with E-state index in [0.29, 0.717) is 32.5 Å². The first-order valence-electron chi connectivity index (χ1n) is 6.69. The van der Waals surface area contributed by atoms with Gasteiger partial charge in [-0.05, 0) is 26.7 Å². The van der Waals surface area contributed by atoms with Crippen LogP contribution in [-0.4, -0.2) is 48.5 Å². The molecule has 1 fully saturated rings. The van der Waals surface area contributed by atoms with Crippen molar-refractivity contribution < 1.29 is 23.9 Å². The summed E-state index contributed by atoms with van der Waals surface area (Å²) in [4.78, 5) is 35.9. The van der Waals surface area contributed by atoms with Gasteiger partial charge in [0.2, 0.25) is 5.91 Å². The number of hydrogen-bond acceptors (Lipinski definition) is 5. The van der Waals surface area contributed by atoms with Crippen molar-refractivity contribution in [2.24, 2.45) is 0 Å². The van der Waals surface area contributed by atoms with Crippen molar-refractivity contribution in [3.05, 3.63) is 0 Å². The summed E-state index contributed by atoms with van der Waals surface area (Å²) in [5, 5.41) is 0. The molecule has 0 bridgehead atoms. The van der Waals surface area contributed by atoms with Gasteiger partial charge in [0.05, 0.1) is 13.2 Å². The molecule has 0 aliphatic carbocycles. The van der Waals surface area contributed by atoms with Crippen molar-refractivity contribution in [1.82, 2.24) is 4.90 Å². The van der Waals surface area contributed by atoms with E-state index in [-0.39, 0.29) is 30.9 Å². The Labute approximate surface area is 113 Å². The smallest absolute Gasteiger partial charge is 0.325 e. The molecular weight excluding hydrogens is 250 g/mol. The first kappa shape index (κ1) is 15.5. The third-order valence-electron chi connectivity index (χ3n) is 3.04. The molecule has 1 aliphatic heterocycles. The number of likely N-dealkylation sites (tertiary alicyclic amines) is 1. The minimum atomic E-state index is -0.404. The molecule has 0 aromatic carbocycles. The molecule has 1 aliphatic rings. The van der Waals surface area contributed by atoms with E-state index < -0.39 is 5.97 Å². The lowest BCUT2D eigenvalue weighted by Crippen LogP contribution is -2.38. The van der Waals surface area contributed by atoms with Crippen LogP contribution in [0, 0.1) is 0 Å². The van der Waals surface area contributed by atoms with E-state index in [1.807, 2.05) is 0 Å². The Balaban J connectivity index is 2.45. The average molecular weight is 271 g/mol. The second kappa shape index (κ2) is 7.76. The third-order valence-corrected chi connectivity index (χ3v) is 3.04. The van der Waals surface area contributed by atoms with Gasteiger partial charge >= 0.3 is 11.9 Å². The van der Waals surface area contributed by atoms with Gasteiger partial charge in [-0.3, -0.25) is 14.4 Å². The van der Waals surface area contributed by atoms with Gasteiger partial charge in [0.1, 0.15) is 6.54 Å². The van der Waals surface area contributed by atoms with Crippen LogP contribution in [0.3, 0.4) is 0 Å². The van der Waals surface area contributed by atoms with Crippen molar-refractivity contribution in [1.29, 1.82) is 0 Å². The Morgan fingerprint density at radius 3 is 2.47 bits per heavy atom. The number of amides is 1. The Bertz CT molecular complexity index is 342. The van der Waals surface area contributed by atoms with Crippen molar-refractivity contribution >= 4 is 17.8 Å². The number of ether oxygens (including phenoxy) is 2. The molecule has 1 heterocycles. The zero-order chi connectivity index (χ0) is 14.3. The molecule has 1 amide bonds. The first-order valence-corrected chi connectivity index (χ1v) is 6.69. The quantitative estimate of drug-likeness (QED) is 0.643. The minimum absolute atomic E-state index is 0.0276. The molecule has 19 heavy (non-hydrogen) atoms. The summed E-state index contributed by atoms with van der Waals surface area (Å²) in [5.41, 5.74) is 0. The topological polar surface area (TPSA) is 72.9 Å². The van der Waals surface area contributed by atoms with Gasteiger partial charge in [0.25, 0.3) is 0 Å². The van der Waals surface area contributed by atoms with Crippen molar-refractivity contribution in [3.8, 4) is 0 Å². The van der Waals surface area contributed by atoms with E-state index in [1.54, 1.807) is 13.8 Å². The van der Waals surface area contributed by atoms with Crippen LogP contribution in [0.5, 0.6) is 0 Å². The van der Waals surface area contributed by atoms with Crippen LogP contribution in [0.1, 0.15) is 39.5 Å². The Morgan fingerprint density at radius 2 is 1.84 bits per heavy atom. The summed E-state index contributed by atoms with van der Waals surface area (Å²) in [6.07, 6.45) is 1.90. The van der Waals surface area contributed by atoms with Gasteiger partial charge in [-0.2, -0.15) is 0 Å². The second-order valence-electron chi connectivity index (χ2n) is 4.36. The fourth-order valence-corrected chi connectivity index (χ4v) is 2.17. The van der Waals surface area contributed by atoms with Gasteiger partial charge in [0, 0.05) is 18.9 Å². The molecule has 108 valence electrons. The fourth-order valence-electron chi connectivity index (χ4n) is 2.17. The predicted octanol–water partition coefficient (Wildman–Crippen LogP) is 0.884. The van der Waals surface area contributed by atoms with Crippen LogP contribution in [0.4, 0.5) is 0 Å². The zero-order valence-corrected chi connectivity index (χ0v) is 11.5. The van der Waals surface area contributed by atoms with E-state index in [9.17, 15) is 14.4 Å². The molecule has 1 unspecified atom stereocenters. The largest absolute Gasteiger partial charge is 0.466 e. The highest BCUT2D eigenvalue weighted by molar-refractivity contribution is 5.84. The number of carbonyl (C=O) groups excluding carboxylic acids is 3. The lowest BCUT2D eigenvalue weighted by molar-refractivity contribution is -0.148. The second-order valence-corrected chi connectivity index (χ2v) is 4.36. The molecule has 0 spiro atoms. The molecule has 1 rings (SSSR count). The normalized spacial score (nSPS) is 18.5. The van der Waals surface area contributed by atoms with Gasteiger partial charge in [-0.25, -0.2) is 0 Å². The number of rotatable bonds is 7. The van der Waals surface area contributed by atoms with Crippen LogP contribution >= 0.6 is 0 Å². The van der Waals surface area contributed by atoms with Crippen molar-refractivity contribution in [3.63, 3.8) is 0 Å². The average Bonchev–Trinajstić information content (AvgIpc) is 2.69. The number of nitrogens with zero attached hydrogens (tertiary/aromatic N) is 1. The van der Waals surface area contributed by atoms with Gasteiger partial charge < -0.3 is 14.4 Å². The van der Waals surface area contributed by atoms with Crippen molar-refractivity contribution in [2.75, 3.05) is 19.8 Å². The van der Waals surface area contributed by atoms with Crippen LogP contribution in [0.25, 0.3) is 0 Å². The van der Waals surface area contributed by atoms with E-state index in [1.165, 1.54) is 4.90 Å².